The van der Waals surface area contributed by atoms with Crippen LogP contribution in [0.4, 0.5) is 0 Å². The lowest BCUT2D eigenvalue weighted by atomic mass is 9.49. The van der Waals surface area contributed by atoms with E-state index in [-0.39, 0.29) is 27.8 Å². The summed E-state index contributed by atoms with van der Waals surface area (Å²) >= 11 is 5.78. The van der Waals surface area contributed by atoms with E-state index in [4.69, 9.17) is 17.3 Å². The topological polar surface area (TPSA) is 72.2 Å². The predicted octanol–water partition coefficient (Wildman–Crippen LogP) is 2.38. The van der Waals surface area contributed by atoms with Crippen molar-refractivity contribution < 1.29 is 8.42 Å². The van der Waals surface area contributed by atoms with Crippen LogP contribution in [0, 0.1) is 10.8 Å². The van der Waals surface area contributed by atoms with Crippen molar-refractivity contribution in [3.05, 3.63) is 29.3 Å². The van der Waals surface area contributed by atoms with Crippen molar-refractivity contribution in [2.75, 3.05) is 0 Å². The van der Waals surface area contributed by atoms with Gasteiger partial charge in [-0.2, -0.15) is 0 Å². The highest BCUT2D eigenvalue weighted by atomic mass is 35.5. The lowest BCUT2D eigenvalue weighted by Crippen LogP contribution is -2.75. The Morgan fingerprint density at radius 1 is 1.10 bits per heavy atom. The molecule has 112 valence electrons. The summed E-state index contributed by atoms with van der Waals surface area (Å²) in [5, 5.41) is 0.510. The quantitative estimate of drug-likeness (QED) is 0.899. The Kier molecular flexibility index (Phi) is 3.70. The molecule has 1 fully saturated rings. The Hall–Kier alpha value is -0.620. The SMILES string of the molecule is CC1(C)C(N)C(C)(C)C1NS(=O)(=O)c1ccc(Cl)cc1. The normalized spacial score (nSPS) is 27.9. The van der Waals surface area contributed by atoms with Gasteiger partial charge >= 0.3 is 0 Å². The van der Waals surface area contributed by atoms with E-state index in [0.29, 0.717) is 5.02 Å². The molecule has 0 aromatic heterocycles. The fourth-order valence-corrected chi connectivity index (χ4v) is 5.00. The fraction of sp³-hybridized carbons (Fsp3) is 0.571. The summed E-state index contributed by atoms with van der Waals surface area (Å²) in [6.45, 7) is 7.94. The van der Waals surface area contributed by atoms with Crippen LogP contribution in [0.15, 0.2) is 29.2 Å². The van der Waals surface area contributed by atoms with Crippen molar-refractivity contribution in [1.82, 2.24) is 4.72 Å². The Labute approximate surface area is 125 Å². The predicted molar refractivity (Wildman–Crippen MR) is 81.1 cm³/mol. The summed E-state index contributed by atoms with van der Waals surface area (Å²) in [5.41, 5.74) is 5.60. The lowest BCUT2D eigenvalue weighted by Gasteiger charge is -2.62. The highest BCUT2D eigenvalue weighted by molar-refractivity contribution is 7.89. The highest BCUT2D eigenvalue weighted by Crippen LogP contribution is 2.52. The number of nitrogens with one attached hydrogen (secondary N) is 1. The molecular formula is C14H21ClN2O2S. The van der Waals surface area contributed by atoms with Gasteiger partial charge in [0.25, 0.3) is 0 Å². The largest absolute Gasteiger partial charge is 0.327 e. The van der Waals surface area contributed by atoms with Crippen molar-refractivity contribution in [3.63, 3.8) is 0 Å². The number of halogens is 1. The van der Waals surface area contributed by atoms with Crippen LogP contribution in [0.3, 0.4) is 0 Å². The number of benzene rings is 1. The first-order valence-electron chi connectivity index (χ1n) is 6.53. The van der Waals surface area contributed by atoms with E-state index < -0.39 is 10.0 Å². The minimum absolute atomic E-state index is 0.0482. The summed E-state index contributed by atoms with van der Waals surface area (Å²) in [5.74, 6) is 0. The third-order valence-electron chi connectivity index (χ3n) is 4.49. The first kappa shape index (κ1) is 15.8. The van der Waals surface area contributed by atoms with E-state index in [1.165, 1.54) is 12.1 Å². The molecule has 0 spiro atoms. The van der Waals surface area contributed by atoms with Crippen LogP contribution in [0.1, 0.15) is 27.7 Å². The molecular weight excluding hydrogens is 296 g/mol. The molecule has 4 nitrogen and oxygen atoms in total. The second-order valence-corrected chi connectivity index (χ2v) is 8.78. The van der Waals surface area contributed by atoms with E-state index in [9.17, 15) is 8.42 Å². The summed E-state index contributed by atoms with van der Waals surface area (Å²) in [6, 6.07) is 5.89. The Balaban J connectivity index is 2.27. The maximum Gasteiger partial charge on any atom is 0.240 e. The first-order chi connectivity index (χ1) is 8.99. The molecule has 1 saturated carbocycles. The van der Waals surface area contributed by atoms with Gasteiger partial charge in [0.05, 0.1) is 4.90 Å². The molecule has 1 aromatic rings. The van der Waals surface area contributed by atoms with E-state index in [1.807, 2.05) is 27.7 Å². The second kappa shape index (κ2) is 4.70. The van der Waals surface area contributed by atoms with Gasteiger partial charge in [-0.15, -0.1) is 0 Å². The number of hydrogen-bond donors (Lipinski definition) is 2. The average molecular weight is 317 g/mol. The molecule has 0 amide bonds. The van der Waals surface area contributed by atoms with E-state index >= 15 is 0 Å². The Morgan fingerprint density at radius 2 is 1.55 bits per heavy atom. The summed E-state index contributed by atoms with van der Waals surface area (Å²) in [4.78, 5) is 0.217. The first-order valence-corrected chi connectivity index (χ1v) is 8.39. The van der Waals surface area contributed by atoms with Gasteiger partial charge in [-0.1, -0.05) is 39.3 Å². The highest BCUT2D eigenvalue weighted by Gasteiger charge is 2.61. The molecule has 6 heteroatoms. The van der Waals surface area contributed by atoms with Crippen LogP contribution in [0.5, 0.6) is 0 Å². The number of nitrogens with two attached hydrogens (primary N) is 1. The third kappa shape index (κ3) is 2.37. The van der Waals surface area contributed by atoms with Gasteiger partial charge in [0.2, 0.25) is 10.0 Å². The van der Waals surface area contributed by atoms with Gasteiger partial charge in [-0.3, -0.25) is 0 Å². The minimum atomic E-state index is -3.57. The van der Waals surface area contributed by atoms with Gasteiger partial charge in [0.15, 0.2) is 0 Å². The van der Waals surface area contributed by atoms with Gasteiger partial charge < -0.3 is 5.73 Å². The Morgan fingerprint density at radius 3 is 2.00 bits per heavy atom. The summed E-state index contributed by atoms with van der Waals surface area (Å²) in [7, 11) is -3.57. The van der Waals surface area contributed by atoms with Crippen LogP contribution in [-0.4, -0.2) is 20.5 Å². The van der Waals surface area contributed by atoms with Gasteiger partial charge in [-0.25, -0.2) is 13.1 Å². The van der Waals surface area contributed by atoms with Gasteiger partial charge in [-0.05, 0) is 35.1 Å². The third-order valence-corrected chi connectivity index (χ3v) is 6.18. The molecule has 20 heavy (non-hydrogen) atoms. The zero-order chi connectivity index (χ0) is 15.3. The fourth-order valence-electron chi connectivity index (χ4n) is 3.32. The summed E-state index contributed by atoms with van der Waals surface area (Å²) in [6.07, 6.45) is 0. The molecule has 0 atom stereocenters. The minimum Gasteiger partial charge on any atom is -0.327 e. The smallest absolute Gasteiger partial charge is 0.240 e. The van der Waals surface area contributed by atoms with Crippen molar-refractivity contribution in [2.45, 2.75) is 44.7 Å². The molecule has 0 saturated heterocycles. The van der Waals surface area contributed by atoms with Crippen molar-refractivity contribution in [3.8, 4) is 0 Å². The molecule has 0 heterocycles. The molecule has 1 aliphatic carbocycles. The average Bonchev–Trinajstić information content (AvgIpc) is 2.35. The van der Waals surface area contributed by atoms with Crippen LogP contribution >= 0.6 is 11.6 Å². The summed E-state index contributed by atoms with van der Waals surface area (Å²) < 4.78 is 27.7. The molecule has 1 aliphatic rings. The lowest BCUT2D eigenvalue weighted by molar-refractivity contribution is -0.0593. The van der Waals surface area contributed by atoms with Crippen LogP contribution in [0.2, 0.25) is 5.02 Å². The van der Waals surface area contributed by atoms with Gasteiger partial charge in [0, 0.05) is 17.1 Å². The zero-order valence-corrected chi connectivity index (χ0v) is 13.7. The number of rotatable bonds is 3. The monoisotopic (exact) mass is 316 g/mol. The maximum absolute atomic E-state index is 12.4. The molecule has 0 aliphatic heterocycles. The van der Waals surface area contributed by atoms with E-state index in [1.54, 1.807) is 12.1 Å². The molecule has 2 rings (SSSR count). The standard InChI is InChI=1S/C14H21ClN2O2S/c1-13(2)11(16)14(3,4)12(13)17-20(18,19)10-7-5-9(15)6-8-10/h5-8,11-12,17H,16H2,1-4H3. The molecule has 3 N–H and O–H groups in total. The number of sulfonamides is 1. The Bertz CT molecular complexity index is 593. The molecule has 0 unspecified atom stereocenters. The maximum atomic E-state index is 12.4. The number of hydrogen-bond acceptors (Lipinski definition) is 3. The van der Waals surface area contributed by atoms with Crippen LogP contribution in [-0.2, 0) is 10.0 Å². The molecule has 0 bridgehead atoms. The van der Waals surface area contributed by atoms with E-state index in [2.05, 4.69) is 4.72 Å². The van der Waals surface area contributed by atoms with Gasteiger partial charge in [0.1, 0.15) is 0 Å². The van der Waals surface area contributed by atoms with E-state index in [0.717, 1.165) is 0 Å². The van der Waals surface area contributed by atoms with Crippen molar-refractivity contribution in [1.29, 1.82) is 0 Å². The van der Waals surface area contributed by atoms with Crippen molar-refractivity contribution >= 4 is 21.6 Å². The second-order valence-electron chi connectivity index (χ2n) is 6.63. The molecule has 0 radical (unpaired) electrons. The van der Waals surface area contributed by atoms with Crippen LogP contribution in [0.25, 0.3) is 0 Å². The molecule has 1 aromatic carbocycles. The van der Waals surface area contributed by atoms with Crippen molar-refractivity contribution in [2.24, 2.45) is 16.6 Å². The van der Waals surface area contributed by atoms with Crippen LogP contribution < -0.4 is 10.5 Å². The zero-order valence-electron chi connectivity index (χ0n) is 12.1.